The molecule has 1 aliphatic carbocycles. The largest absolute Gasteiger partial charge is 0.340 e. The van der Waals surface area contributed by atoms with Crippen LogP contribution in [-0.2, 0) is 19.5 Å². The summed E-state index contributed by atoms with van der Waals surface area (Å²) in [6, 6.07) is 7.01. The minimum atomic E-state index is 0.196. The third kappa shape index (κ3) is 3.41. The van der Waals surface area contributed by atoms with E-state index in [2.05, 4.69) is 47.3 Å². The van der Waals surface area contributed by atoms with Gasteiger partial charge >= 0.3 is 0 Å². The molecule has 0 bridgehead atoms. The van der Waals surface area contributed by atoms with Crippen LogP contribution in [0.3, 0.4) is 0 Å². The van der Waals surface area contributed by atoms with Gasteiger partial charge in [-0.2, -0.15) is 0 Å². The van der Waals surface area contributed by atoms with Crippen molar-refractivity contribution >= 4 is 16.8 Å². The summed E-state index contributed by atoms with van der Waals surface area (Å²) in [5.41, 5.74) is 4.95. The molecule has 0 unspecified atom stereocenters. The number of likely N-dealkylation sites (tertiary alicyclic amines) is 1. The van der Waals surface area contributed by atoms with Gasteiger partial charge in [0, 0.05) is 67.3 Å². The zero-order valence-electron chi connectivity index (χ0n) is 18.1. The van der Waals surface area contributed by atoms with Crippen molar-refractivity contribution < 1.29 is 4.79 Å². The number of aromatic nitrogens is 1. The van der Waals surface area contributed by atoms with Gasteiger partial charge in [0.1, 0.15) is 0 Å². The molecule has 0 spiro atoms. The number of nitrogens with zero attached hydrogens (tertiary/aromatic N) is 3. The van der Waals surface area contributed by atoms with Crippen LogP contribution in [0.15, 0.2) is 43.0 Å². The third-order valence-corrected chi connectivity index (χ3v) is 7.41. The number of fused-ring (bicyclic) bond motifs is 3. The number of hydrogen-bond acceptors (Lipinski definition) is 2. The van der Waals surface area contributed by atoms with E-state index < -0.39 is 0 Å². The van der Waals surface area contributed by atoms with Crippen molar-refractivity contribution in [3.63, 3.8) is 0 Å². The lowest BCUT2D eigenvalue weighted by atomic mass is 9.98. The Morgan fingerprint density at radius 3 is 2.67 bits per heavy atom. The van der Waals surface area contributed by atoms with E-state index in [1.165, 1.54) is 22.2 Å². The first-order chi connectivity index (χ1) is 14.7. The predicted molar refractivity (Wildman–Crippen MR) is 123 cm³/mol. The van der Waals surface area contributed by atoms with Gasteiger partial charge in [-0.15, -0.1) is 6.58 Å². The molecule has 0 N–H and O–H groups in total. The number of hydrogen-bond donors (Lipinski definition) is 0. The van der Waals surface area contributed by atoms with E-state index in [0.29, 0.717) is 6.04 Å². The minimum Gasteiger partial charge on any atom is -0.340 e. The molecule has 1 amide bonds. The van der Waals surface area contributed by atoms with Crippen LogP contribution in [0.25, 0.3) is 10.9 Å². The van der Waals surface area contributed by atoms with Gasteiger partial charge < -0.3 is 9.47 Å². The first-order valence-electron chi connectivity index (χ1n) is 11.6. The number of benzene rings is 1. The van der Waals surface area contributed by atoms with Gasteiger partial charge in [0.2, 0.25) is 0 Å². The Kier molecular flexibility index (Phi) is 5.28. The second-order valence-electron chi connectivity index (χ2n) is 9.35. The molecule has 2 aromatic rings. The quantitative estimate of drug-likeness (QED) is 0.688. The highest BCUT2D eigenvalue weighted by molar-refractivity contribution is 5.99. The van der Waals surface area contributed by atoms with Crippen molar-refractivity contribution in [2.45, 2.75) is 58.2 Å². The molecular weight excluding hydrogens is 370 g/mol. The summed E-state index contributed by atoms with van der Waals surface area (Å²) in [7, 11) is 0. The first-order valence-corrected chi connectivity index (χ1v) is 11.6. The smallest absolute Gasteiger partial charge is 0.253 e. The Bertz CT molecular complexity index is 985. The Morgan fingerprint density at radius 2 is 1.93 bits per heavy atom. The lowest BCUT2D eigenvalue weighted by Gasteiger charge is -2.33. The normalized spacial score (nSPS) is 20.8. The number of piperidine rings is 1. The fraction of sp³-hybridized carbons (Fsp3) is 0.500. The van der Waals surface area contributed by atoms with Gasteiger partial charge in [-0.25, -0.2) is 0 Å². The lowest BCUT2D eigenvalue weighted by Crippen LogP contribution is -2.38. The van der Waals surface area contributed by atoms with Gasteiger partial charge in [0.05, 0.1) is 0 Å². The van der Waals surface area contributed by atoms with Crippen LogP contribution in [0.2, 0.25) is 0 Å². The molecule has 30 heavy (non-hydrogen) atoms. The number of allylic oxidation sites excluding steroid dienone is 1. The van der Waals surface area contributed by atoms with Gasteiger partial charge in [-0.1, -0.05) is 25.2 Å². The number of amides is 1. The monoisotopic (exact) mass is 403 g/mol. The summed E-state index contributed by atoms with van der Waals surface area (Å²) in [6.45, 7) is 11.0. The van der Waals surface area contributed by atoms with Crippen molar-refractivity contribution in [3.8, 4) is 0 Å². The van der Waals surface area contributed by atoms with Crippen LogP contribution in [0, 0.1) is 5.92 Å². The maximum absolute atomic E-state index is 13.2. The summed E-state index contributed by atoms with van der Waals surface area (Å²) in [4.78, 5) is 17.9. The fourth-order valence-electron chi connectivity index (χ4n) is 5.55. The number of rotatable bonds is 4. The van der Waals surface area contributed by atoms with Crippen LogP contribution < -0.4 is 0 Å². The highest BCUT2D eigenvalue weighted by Crippen LogP contribution is 2.34. The molecule has 3 aliphatic rings. The molecule has 4 heteroatoms. The highest BCUT2D eigenvalue weighted by Gasteiger charge is 2.29. The average Bonchev–Trinajstić information content (AvgIpc) is 3.41. The molecule has 0 saturated carbocycles. The highest BCUT2D eigenvalue weighted by atomic mass is 16.2. The molecule has 0 atom stereocenters. The van der Waals surface area contributed by atoms with E-state index in [4.69, 9.17) is 0 Å². The van der Waals surface area contributed by atoms with Gasteiger partial charge in [0.25, 0.3) is 5.91 Å². The van der Waals surface area contributed by atoms with E-state index in [-0.39, 0.29) is 5.91 Å². The summed E-state index contributed by atoms with van der Waals surface area (Å²) >= 11 is 0. The summed E-state index contributed by atoms with van der Waals surface area (Å²) in [6.07, 6.45) is 12.2. The van der Waals surface area contributed by atoms with E-state index in [9.17, 15) is 4.79 Å². The molecular formula is C26H33N3O. The van der Waals surface area contributed by atoms with Crippen LogP contribution in [0.5, 0.6) is 0 Å². The Labute approximate surface area is 179 Å². The molecule has 2 aliphatic heterocycles. The van der Waals surface area contributed by atoms with E-state index in [1.807, 2.05) is 17.0 Å². The molecule has 1 aromatic carbocycles. The zero-order valence-corrected chi connectivity index (χ0v) is 18.1. The third-order valence-electron chi connectivity index (χ3n) is 7.41. The number of carbonyl (C=O) groups is 1. The molecule has 1 fully saturated rings. The maximum Gasteiger partial charge on any atom is 0.253 e. The lowest BCUT2D eigenvalue weighted by molar-refractivity contribution is 0.0697. The zero-order chi connectivity index (χ0) is 20.7. The topological polar surface area (TPSA) is 28.5 Å². The number of carbonyl (C=O) groups excluding carboxylic acids is 1. The average molecular weight is 404 g/mol. The fourth-order valence-corrected chi connectivity index (χ4v) is 5.55. The van der Waals surface area contributed by atoms with Crippen LogP contribution >= 0.6 is 0 Å². The van der Waals surface area contributed by atoms with Crippen LogP contribution in [0.1, 0.15) is 54.2 Å². The SMILES string of the molecule is C=CCn1c2c(c3cc(C(=O)N4CCC(C)CC4)ccc31)CN(C1CC=CC1)CC2. The van der Waals surface area contributed by atoms with Gasteiger partial charge in [-0.3, -0.25) is 9.69 Å². The molecule has 3 heterocycles. The van der Waals surface area contributed by atoms with E-state index in [0.717, 1.165) is 76.3 Å². The van der Waals surface area contributed by atoms with Gasteiger partial charge in [0.15, 0.2) is 0 Å². The molecule has 5 rings (SSSR count). The molecule has 0 radical (unpaired) electrons. The minimum absolute atomic E-state index is 0.196. The van der Waals surface area contributed by atoms with Crippen molar-refractivity contribution in [2.24, 2.45) is 5.92 Å². The summed E-state index contributed by atoms with van der Waals surface area (Å²) in [5.74, 6) is 0.925. The maximum atomic E-state index is 13.2. The van der Waals surface area contributed by atoms with Crippen LogP contribution in [-0.4, -0.2) is 46.0 Å². The van der Waals surface area contributed by atoms with Gasteiger partial charge in [-0.05, 0) is 55.4 Å². The predicted octanol–water partition coefficient (Wildman–Crippen LogP) is 4.78. The van der Waals surface area contributed by atoms with Crippen molar-refractivity contribution in [1.29, 1.82) is 0 Å². The Hall–Kier alpha value is -2.33. The van der Waals surface area contributed by atoms with Crippen molar-refractivity contribution in [3.05, 3.63) is 59.8 Å². The van der Waals surface area contributed by atoms with Crippen LogP contribution in [0.4, 0.5) is 0 Å². The standard InChI is InChI=1S/C26H33N3O/c1-3-13-29-24-9-8-20(26(30)27-14-10-19(2)11-15-27)17-22(24)23-18-28(16-12-25(23)29)21-6-4-5-7-21/h3-5,8-9,17,19,21H,1,6-7,10-16,18H2,2H3. The van der Waals surface area contributed by atoms with Crippen molar-refractivity contribution in [2.75, 3.05) is 19.6 Å². The molecule has 158 valence electrons. The Morgan fingerprint density at radius 1 is 1.17 bits per heavy atom. The summed E-state index contributed by atoms with van der Waals surface area (Å²) < 4.78 is 2.42. The second-order valence-corrected chi connectivity index (χ2v) is 9.35. The van der Waals surface area contributed by atoms with Crippen molar-refractivity contribution in [1.82, 2.24) is 14.4 Å². The van der Waals surface area contributed by atoms with E-state index in [1.54, 1.807) is 0 Å². The molecule has 1 saturated heterocycles. The Balaban J connectivity index is 1.50. The first kappa shape index (κ1) is 19.6. The second kappa shape index (κ2) is 8.07. The molecule has 4 nitrogen and oxygen atoms in total. The summed E-state index contributed by atoms with van der Waals surface area (Å²) in [5, 5.41) is 1.26. The molecule has 1 aromatic heterocycles. The van der Waals surface area contributed by atoms with E-state index >= 15 is 0 Å².